The van der Waals surface area contributed by atoms with Gasteiger partial charge in [0.05, 0.1) is 18.0 Å². The van der Waals surface area contributed by atoms with Gasteiger partial charge in [0.15, 0.2) is 0 Å². The van der Waals surface area contributed by atoms with Crippen molar-refractivity contribution in [3.63, 3.8) is 0 Å². The van der Waals surface area contributed by atoms with Crippen LogP contribution in [0.4, 0.5) is 0 Å². The molecule has 2 aromatic heterocycles. The van der Waals surface area contributed by atoms with Crippen molar-refractivity contribution in [3.05, 3.63) is 36.4 Å². The molecule has 70 valence electrons. The summed E-state index contributed by atoms with van der Waals surface area (Å²) in [7, 11) is 0. The highest BCUT2D eigenvalue weighted by atomic mass is 15.0. The largest absolute Gasteiger partial charge is 0.306 e. The molecule has 0 N–H and O–H groups in total. The third-order valence-corrected chi connectivity index (χ3v) is 1.88. The summed E-state index contributed by atoms with van der Waals surface area (Å²) in [5.74, 6) is 0. The zero-order valence-corrected chi connectivity index (χ0v) is 8.49. The van der Waals surface area contributed by atoms with E-state index in [1.165, 1.54) is 5.56 Å². The molecular weight excluding hydrogens is 160 g/mol. The van der Waals surface area contributed by atoms with Crippen molar-refractivity contribution in [2.75, 3.05) is 0 Å². The van der Waals surface area contributed by atoms with E-state index < -0.39 is 0 Å². The highest BCUT2D eigenvalue weighted by Crippen LogP contribution is 2.05. The first kappa shape index (κ1) is 9.78. The molecule has 13 heavy (non-hydrogen) atoms. The summed E-state index contributed by atoms with van der Waals surface area (Å²) in [6, 6.07) is 4.23. The van der Waals surface area contributed by atoms with E-state index >= 15 is 0 Å². The standard InChI is InChI=1S/C9H10N2.C2H6/c1-2-8-3-4-9-5-10-7-11(9)6-8;1-2/h3-7H,2H2,1H3;1-2H3. The van der Waals surface area contributed by atoms with Gasteiger partial charge in [0.1, 0.15) is 0 Å². The Balaban J connectivity index is 0.000000396. The lowest BCUT2D eigenvalue weighted by atomic mass is 10.2. The van der Waals surface area contributed by atoms with Gasteiger partial charge in [-0.3, -0.25) is 0 Å². The second-order valence-corrected chi connectivity index (χ2v) is 2.62. The molecule has 0 saturated heterocycles. The Labute approximate surface area is 79.2 Å². The lowest BCUT2D eigenvalue weighted by molar-refractivity contribution is 1.06. The summed E-state index contributed by atoms with van der Waals surface area (Å²) >= 11 is 0. The molecule has 0 atom stereocenters. The SMILES string of the molecule is CC.CCc1ccc2cncn2c1. The summed E-state index contributed by atoms with van der Waals surface area (Å²) in [6.45, 7) is 6.15. The van der Waals surface area contributed by atoms with E-state index in [2.05, 4.69) is 30.2 Å². The summed E-state index contributed by atoms with van der Waals surface area (Å²) in [6.07, 6.45) is 6.88. The molecule has 0 fully saturated rings. The highest BCUT2D eigenvalue weighted by Gasteiger charge is 1.92. The van der Waals surface area contributed by atoms with Crippen LogP contribution in [0.25, 0.3) is 5.52 Å². The maximum absolute atomic E-state index is 4.04. The molecule has 2 rings (SSSR count). The number of aromatic nitrogens is 2. The summed E-state index contributed by atoms with van der Waals surface area (Å²) in [4.78, 5) is 4.04. The molecule has 0 aliphatic carbocycles. The second kappa shape index (κ2) is 4.65. The number of rotatable bonds is 1. The molecule has 0 aliphatic heterocycles. The molecule has 2 heteroatoms. The monoisotopic (exact) mass is 176 g/mol. The summed E-state index contributed by atoms with van der Waals surface area (Å²) < 4.78 is 2.04. The van der Waals surface area contributed by atoms with E-state index in [1.54, 1.807) is 0 Å². The van der Waals surface area contributed by atoms with E-state index in [9.17, 15) is 0 Å². The van der Waals surface area contributed by atoms with Gasteiger partial charge in [-0.25, -0.2) is 4.98 Å². The third-order valence-electron chi connectivity index (χ3n) is 1.88. The molecule has 0 bridgehead atoms. The Bertz CT molecular complexity index is 363. The van der Waals surface area contributed by atoms with Crippen LogP contribution in [0.3, 0.4) is 0 Å². The van der Waals surface area contributed by atoms with Gasteiger partial charge in [0.2, 0.25) is 0 Å². The molecule has 0 spiro atoms. The Hall–Kier alpha value is -1.31. The number of nitrogens with zero attached hydrogens (tertiary/aromatic N) is 2. The second-order valence-electron chi connectivity index (χ2n) is 2.62. The van der Waals surface area contributed by atoms with E-state index in [0.29, 0.717) is 0 Å². The van der Waals surface area contributed by atoms with Crippen LogP contribution in [0, 0.1) is 0 Å². The number of aryl methyl sites for hydroxylation is 1. The zero-order valence-electron chi connectivity index (χ0n) is 8.49. The first-order valence-corrected chi connectivity index (χ1v) is 4.81. The Kier molecular flexibility index (Phi) is 3.50. The lowest BCUT2D eigenvalue weighted by Gasteiger charge is -1.96. The average Bonchev–Trinajstić information content (AvgIpc) is 2.67. The molecule has 0 saturated carbocycles. The maximum atomic E-state index is 4.04. The molecule has 0 aromatic carbocycles. The number of fused-ring (bicyclic) bond motifs is 1. The van der Waals surface area contributed by atoms with E-state index in [1.807, 2.05) is 30.8 Å². The van der Waals surface area contributed by atoms with Gasteiger partial charge in [-0.05, 0) is 18.1 Å². The fraction of sp³-hybridized carbons (Fsp3) is 0.364. The topological polar surface area (TPSA) is 17.3 Å². The average molecular weight is 176 g/mol. The summed E-state index contributed by atoms with van der Waals surface area (Å²) in [5.41, 5.74) is 2.50. The van der Waals surface area contributed by atoms with Crippen molar-refractivity contribution in [1.29, 1.82) is 0 Å². The van der Waals surface area contributed by atoms with Crippen LogP contribution in [-0.2, 0) is 6.42 Å². The minimum Gasteiger partial charge on any atom is -0.306 e. The van der Waals surface area contributed by atoms with Crippen molar-refractivity contribution in [2.24, 2.45) is 0 Å². The van der Waals surface area contributed by atoms with Gasteiger partial charge in [-0.15, -0.1) is 0 Å². The molecule has 0 radical (unpaired) electrons. The van der Waals surface area contributed by atoms with E-state index in [-0.39, 0.29) is 0 Å². The van der Waals surface area contributed by atoms with Crippen molar-refractivity contribution < 1.29 is 0 Å². The lowest BCUT2D eigenvalue weighted by Crippen LogP contribution is -1.85. The minimum atomic E-state index is 1.08. The Morgan fingerprint density at radius 1 is 1.31 bits per heavy atom. The number of imidazole rings is 1. The number of hydrogen-bond acceptors (Lipinski definition) is 1. The van der Waals surface area contributed by atoms with Crippen LogP contribution in [0.1, 0.15) is 26.3 Å². The van der Waals surface area contributed by atoms with Gasteiger partial charge < -0.3 is 4.40 Å². The molecule has 0 aliphatic rings. The summed E-state index contributed by atoms with van der Waals surface area (Å²) in [5, 5.41) is 0. The van der Waals surface area contributed by atoms with Crippen LogP contribution in [0.5, 0.6) is 0 Å². The fourth-order valence-corrected chi connectivity index (χ4v) is 1.18. The maximum Gasteiger partial charge on any atom is 0.0992 e. The van der Waals surface area contributed by atoms with Crippen LogP contribution >= 0.6 is 0 Å². The van der Waals surface area contributed by atoms with Crippen molar-refractivity contribution in [3.8, 4) is 0 Å². The predicted molar refractivity (Wildman–Crippen MR) is 55.9 cm³/mol. The Morgan fingerprint density at radius 3 is 2.77 bits per heavy atom. The molecular formula is C11H16N2. The van der Waals surface area contributed by atoms with Gasteiger partial charge in [-0.1, -0.05) is 26.8 Å². The molecule has 2 aromatic rings. The quantitative estimate of drug-likeness (QED) is 0.653. The van der Waals surface area contributed by atoms with Gasteiger partial charge >= 0.3 is 0 Å². The smallest absolute Gasteiger partial charge is 0.0992 e. The van der Waals surface area contributed by atoms with Crippen molar-refractivity contribution in [2.45, 2.75) is 27.2 Å². The molecule has 0 unspecified atom stereocenters. The number of pyridine rings is 1. The van der Waals surface area contributed by atoms with Crippen LogP contribution < -0.4 is 0 Å². The normalized spacial score (nSPS) is 9.46. The van der Waals surface area contributed by atoms with Gasteiger partial charge in [0.25, 0.3) is 0 Å². The molecule has 2 heterocycles. The number of hydrogen-bond donors (Lipinski definition) is 0. The van der Waals surface area contributed by atoms with Crippen molar-refractivity contribution >= 4 is 5.52 Å². The van der Waals surface area contributed by atoms with E-state index in [0.717, 1.165) is 11.9 Å². The van der Waals surface area contributed by atoms with E-state index in [4.69, 9.17) is 0 Å². The Morgan fingerprint density at radius 2 is 2.08 bits per heavy atom. The van der Waals surface area contributed by atoms with Crippen molar-refractivity contribution in [1.82, 2.24) is 9.38 Å². The molecule has 2 nitrogen and oxygen atoms in total. The minimum absolute atomic E-state index is 1.08. The van der Waals surface area contributed by atoms with Gasteiger partial charge in [-0.2, -0.15) is 0 Å². The van der Waals surface area contributed by atoms with Crippen LogP contribution in [0.15, 0.2) is 30.9 Å². The fourth-order valence-electron chi connectivity index (χ4n) is 1.18. The first-order chi connectivity index (χ1) is 6.40. The van der Waals surface area contributed by atoms with Crippen LogP contribution in [-0.4, -0.2) is 9.38 Å². The van der Waals surface area contributed by atoms with Gasteiger partial charge in [0, 0.05) is 6.20 Å². The highest BCUT2D eigenvalue weighted by molar-refractivity contribution is 5.45. The third kappa shape index (κ3) is 2.08. The molecule has 0 amide bonds. The van der Waals surface area contributed by atoms with Crippen LogP contribution in [0.2, 0.25) is 0 Å². The first-order valence-electron chi connectivity index (χ1n) is 4.81. The predicted octanol–water partition coefficient (Wildman–Crippen LogP) is 2.92. The zero-order chi connectivity index (χ0) is 9.68.